The van der Waals surface area contributed by atoms with Crippen LogP contribution in [0.1, 0.15) is 13.8 Å². The van der Waals surface area contributed by atoms with E-state index in [9.17, 15) is 14.4 Å². The highest BCUT2D eigenvalue weighted by Gasteiger charge is 2.16. The molecule has 0 spiro atoms. The molecule has 0 aliphatic rings. The maximum Gasteiger partial charge on any atom is 0.415 e. The molecule has 1 aromatic rings. The molecule has 0 saturated heterocycles. The van der Waals surface area contributed by atoms with Crippen molar-refractivity contribution in [2.45, 2.75) is 13.8 Å². The Morgan fingerprint density at radius 3 is 2.71 bits per heavy atom. The van der Waals surface area contributed by atoms with Crippen LogP contribution in [0.5, 0.6) is 5.19 Å². The van der Waals surface area contributed by atoms with Gasteiger partial charge in [0.2, 0.25) is 0 Å². The van der Waals surface area contributed by atoms with Gasteiger partial charge < -0.3 is 9.47 Å². The zero-order valence-corrected chi connectivity index (χ0v) is 10.1. The second-order valence-electron chi connectivity index (χ2n) is 2.63. The van der Waals surface area contributed by atoms with Gasteiger partial charge in [-0.1, -0.05) is 0 Å². The van der Waals surface area contributed by atoms with E-state index in [0.717, 1.165) is 0 Å². The Bertz CT molecular complexity index is 466. The van der Waals surface area contributed by atoms with Crippen LogP contribution in [-0.2, 0) is 4.74 Å². The lowest BCUT2D eigenvalue weighted by molar-refractivity contribution is 0.153. The monoisotopic (exact) mass is 261 g/mol. The van der Waals surface area contributed by atoms with Gasteiger partial charge in [0.05, 0.1) is 13.2 Å². The van der Waals surface area contributed by atoms with Crippen molar-refractivity contribution < 1.29 is 19.1 Å². The molecule has 1 rings (SSSR count). The highest BCUT2D eigenvalue weighted by molar-refractivity contribution is 7.09. The van der Waals surface area contributed by atoms with Gasteiger partial charge in [-0.25, -0.2) is 19.7 Å². The summed E-state index contributed by atoms with van der Waals surface area (Å²) in [7, 11) is 0. The molecule has 0 atom stereocenters. The van der Waals surface area contributed by atoms with Crippen molar-refractivity contribution in [3.05, 3.63) is 10.5 Å². The number of carbonyl (C=O) groups excluding carboxylic acids is 2. The van der Waals surface area contributed by atoms with Gasteiger partial charge >= 0.3 is 17.8 Å². The normalized spacial score (nSPS) is 9.76. The second-order valence-corrected chi connectivity index (χ2v) is 3.53. The topological polar surface area (TPSA) is 99.5 Å². The van der Waals surface area contributed by atoms with Crippen molar-refractivity contribution in [2.75, 3.05) is 13.2 Å². The summed E-state index contributed by atoms with van der Waals surface area (Å²) in [4.78, 5) is 37.1. The smallest absolute Gasteiger partial charge is 0.415 e. The summed E-state index contributed by atoms with van der Waals surface area (Å²) in [6, 6.07) is -0.920. The third kappa shape index (κ3) is 3.55. The maximum atomic E-state index is 11.4. The Morgan fingerprint density at radius 2 is 2.12 bits per heavy atom. The standard InChI is InChI=1S/C8H11N3O5S/c1-3-15-7(14)9-5(12)11-6(13)10-8(17-11)16-4-2/h3-4H2,1-2H3,(H,9,12,14). The molecular weight excluding hydrogens is 250 g/mol. The minimum absolute atomic E-state index is 0.0662. The van der Waals surface area contributed by atoms with Crippen molar-refractivity contribution in [2.24, 2.45) is 0 Å². The van der Waals surface area contributed by atoms with Gasteiger partial charge in [0.1, 0.15) is 0 Å². The lowest BCUT2D eigenvalue weighted by Crippen LogP contribution is -2.38. The van der Waals surface area contributed by atoms with E-state index in [2.05, 4.69) is 9.72 Å². The summed E-state index contributed by atoms with van der Waals surface area (Å²) < 4.78 is 10.1. The first kappa shape index (κ1) is 13.2. The molecule has 8 nitrogen and oxygen atoms in total. The van der Waals surface area contributed by atoms with E-state index in [1.165, 1.54) is 0 Å². The summed E-state index contributed by atoms with van der Waals surface area (Å²) in [5.41, 5.74) is -0.805. The van der Waals surface area contributed by atoms with Gasteiger partial charge in [-0.05, 0) is 13.8 Å². The van der Waals surface area contributed by atoms with E-state index in [0.29, 0.717) is 22.1 Å². The SMILES string of the molecule is CCOC(=O)NC(=O)n1sc(OCC)nc1=O. The van der Waals surface area contributed by atoms with Gasteiger partial charge in [0.15, 0.2) is 0 Å². The highest BCUT2D eigenvalue weighted by Crippen LogP contribution is 2.10. The molecule has 0 fully saturated rings. The van der Waals surface area contributed by atoms with E-state index < -0.39 is 17.8 Å². The Labute approximate surface area is 100 Å². The van der Waals surface area contributed by atoms with Gasteiger partial charge in [-0.2, -0.15) is 3.96 Å². The molecule has 0 radical (unpaired) electrons. The number of alkyl carbamates (subject to hydrolysis) is 1. The van der Waals surface area contributed by atoms with Crippen LogP contribution in [0.25, 0.3) is 0 Å². The summed E-state index contributed by atoms with van der Waals surface area (Å²) in [5, 5.41) is 1.94. The zero-order chi connectivity index (χ0) is 12.8. The average molecular weight is 261 g/mol. The number of imide groups is 1. The highest BCUT2D eigenvalue weighted by atomic mass is 32.1. The number of nitrogens with one attached hydrogen (secondary N) is 1. The van der Waals surface area contributed by atoms with E-state index in [1.54, 1.807) is 13.8 Å². The minimum Gasteiger partial charge on any atom is -0.469 e. The molecular formula is C8H11N3O5S. The summed E-state index contributed by atoms with van der Waals surface area (Å²) in [5.74, 6) is 0. The predicted octanol–water partition coefficient (Wildman–Crippen LogP) is 0.418. The van der Waals surface area contributed by atoms with Gasteiger partial charge in [0.25, 0.3) is 5.19 Å². The maximum absolute atomic E-state index is 11.4. The Morgan fingerprint density at radius 1 is 1.41 bits per heavy atom. The number of nitrogens with zero attached hydrogens (tertiary/aromatic N) is 2. The van der Waals surface area contributed by atoms with Crippen molar-refractivity contribution in [3.63, 3.8) is 0 Å². The molecule has 1 aromatic heterocycles. The molecule has 0 aliphatic heterocycles. The Balaban J connectivity index is 2.75. The lowest BCUT2D eigenvalue weighted by Gasteiger charge is -2.01. The van der Waals surface area contributed by atoms with Crippen molar-refractivity contribution in [1.29, 1.82) is 0 Å². The van der Waals surface area contributed by atoms with Crippen molar-refractivity contribution >= 4 is 23.7 Å². The van der Waals surface area contributed by atoms with Crippen molar-refractivity contribution in [1.82, 2.24) is 14.3 Å². The molecule has 17 heavy (non-hydrogen) atoms. The number of hydrogen-bond acceptors (Lipinski definition) is 7. The molecule has 0 bridgehead atoms. The molecule has 1 N–H and O–H groups in total. The molecule has 2 amide bonds. The Hall–Kier alpha value is -1.90. The van der Waals surface area contributed by atoms with Crippen LogP contribution in [0.15, 0.2) is 4.79 Å². The molecule has 9 heteroatoms. The zero-order valence-electron chi connectivity index (χ0n) is 9.26. The second kappa shape index (κ2) is 5.99. The fraction of sp³-hybridized carbons (Fsp3) is 0.500. The number of hydrogen-bond donors (Lipinski definition) is 1. The minimum atomic E-state index is -0.921. The number of ether oxygens (including phenoxy) is 2. The molecule has 94 valence electrons. The van der Waals surface area contributed by atoms with Crippen LogP contribution in [-0.4, -0.2) is 34.3 Å². The van der Waals surface area contributed by atoms with Crippen molar-refractivity contribution in [3.8, 4) is 5.19 Å². The Kier molecular flexibility index (Phi) is 4.64. The molecule has 0 aromatic carbocycles. The summed E-state index contributed by atoms with van der Waals surface area (Å²) in [6.45, 7) is 3.76. The lowest BCUT2D eigenvalue weighted by atomic mass is 10.8. The average Bonchev–Trinajstić information content (AvgIpc) is 2.60. The van der Waals surface area contributed by atoms with Crippen LogP contribution < -0.4 is 15.7 Å². The van der Waals surface area contributed by atoms with E-state index >= 15 is 0 Å². The number of aromatic nitrogens is 2. The van der Waals surface area contributed by atoms with Gasteiger partial charge in [0, 0.05) is 11.5 Å². The largest absolute Gasteiger partial charge is 0.469 e. The van der Waals surface area contributed by atoms with Crippen LogP contribution in [0.4, 0.5) is 9.59 Å². The number of carbonyl (C=O) groups is 2. The molecule has 0 unspecified atom stereocenters. The van der Waals surface area contributed by atoms with Gasteiger partial charge in [-0.15, -0.1) is 4.98 Å². The van der Waals surface area contributed by atoms with Crippen LogP contribution >= 0.6 is 11.5 Å². The van der Waals surface area contributed by atoms with E-state index in [4.69, 9.17) is 4.74 Å². The first-order valence-corrected chi connectivity index (χ1v) is 5.57. The van der Waals surface area contributed by atoms with Crippen LogP contribution in [0.3, 0.4) is 0 Å². The van der Waals surface area contributed by atoms with E-state index in [1.807, 2.05) is 5.32 Å². The molecule has 0 saturated carbocycles. The molecule has 1 heterocycles. The van der Waals surface area contributed by atoms with E-state index in [-0.39, 0.29) is 11.8 Å². The molecule has 0 aliphatic carbocycles. The fourth-order valence-electron chi connectivity index (χ4n) is 0.877. The number of rotatable bonds is 3. The third-order valence-corrected chi connectivity index (χ3v) is 2.34. The predicted molar refractivity (Wildman–Crippen MR) is 58.5 cm³/mol. The summed E-state index contributed by atoms with van der Waals surface area (Å²) in [6.07, 6.45) is -0.921. The fourth-order valence-corrected chi connectivity index (χ4v) is 1.57. The number of amides is 2. The third-order valence-electron chi connectivity index (χ3n) is 1.47. The summed E-state index contributed by atoms with van der Waals surface area (Å²) >= 11 is 0.703. The quantitative estimate of drug-likeness (QED) is 0.846. The van der Waals surface area contributed by atoms with Crippen LogP contribution in [0.2, 0.25) is 0 Å². The first-order valence-electron chi connectivity index (χ1n) is 4.79. The first-order chi connectivity index (χ1) is 8.08. The van der Waals surface area contributed by atoms with Gasteiger partial charge in [-0.3, -0.25) is 0 Å². The van der Waals surface area contributed by atoms with Crippen LogP contribution in [0, 0.1) is 0 Å².